The molecule has 7 heteroatoms. The zero-order valence-electron chi connectivity index (χ0n) is 4.87. The lowest BCUT2D eigenvalue weighted by Crippen LogP contribution is -2.18. The van der Waals surface area contributed by atoms with Crippen molar-refractivity contribution in [3.8, 4) is 0 Å². The van der Waals surface area contributed by atoms with Gasteiger partial charge in [0.05, 0.1) is 17.9 Å². The Morgan fingerprint density at radius 2 is 2.00 bits per heavy atom. The molecule has 0 aromatic carbocycles. The summed E-state index contributed by atoms with van der Waals surface area (Å²) in [7, 11) is -4.67. The average Bonchev–Trinajstić information content (AvgIpc) is 1.81. The molecule has 0 aliphatic heterocycles. The molecule has 4 nitrogen and oxygen atoms in total. The van der Waals surface area contributed by atoms with Crippen molar-refractivity contribution in [2.75, 3.05) is 11.8 Å². The van der Waals surface area contributed by atoms with Crippen molar-refractivity contribution in [2.24, 2.45) is 0 Å². The Morgan fingerprint density at radius 1 is 1.60 bits per heavy atom. The predicted octanol–water partition coefficient (Wildman–Crippen LogP) is 0.310. The van der Waals surface area contributed by atoms with Gasteiger partial charge >= 0.3 is 0 Å². The Hall–Kier alpha value is 0.690. The zero-order valence-corrected chi connectivity index (χ0v) is 7.27. The lowest BCUT2D eigenvalue weighted by atomic mass is 10.5. The first-order valence-corrected chi connectivity index (χ1v) is 4.90. The van der Waals surface area contributed by atoms with E-state index in [1.807, 2.05) is 0 Å². The summed E-state index contributed by atoms with van der Waals surface area (Å²) in [6.45, 7) is 0. The van der Waals surface area contributed by atoms with Gasteiger partial charge in [0.1, 0.15) is 0 Å². The van der Waals surface area contributed by atoms with Crippen molar-refractivity contribution < 1.29 is 18.9 Å². The van der Waals surface area contributed by atoms with Gasteiger partial charge in [-0.15, -0.1) is 23.2 Å². The molecular formula is C3H6Cl2O4P-. The molecule has 0 saturated heterocycles. The first-order chi connectivity index (χ1) is 4.49. The molecule has 0 spiro atoms. The summed E-state index contributed by atoms with van der Waals surface area (Å²) >= 11 is 10.4. The smallest absolute Gasteiger partial charge is 0.265 e. The van der Waals surface area contributed by atoms with E-state index < -0.39 is 13.9 Å². The number of hydrogen-bond acceptors (Lipinski definition) is 3. The van der Waals surface area contributed by atoms with Gasteiger partial charge in [0.2, 0.25) is 0 Å². The molecular weight excluding hydrogens is 202 g/mol. The first kappa shape index (κ1) is 10.7. The van der Waals surface area contributed by atoms with E-state index in [1.165, 1.54) is 0 Å². The SMILES string of the molecule is O=P([O-])(O)OC(CCl)CCl. The Balaban J connectivity index is 3.75. The van der Waals surface area contributed by atoms with E-state index in [9.17, 15) is 9.46 Å². The highest BCUT2D eigenvalue weighted by Gasteiger charge is 2.12. The predicted molar refractivity (Wildman–Crippen MR) is 36.1 cm³/mol. The van der Waals surface area contributed by atoms with Crippen LogP contribution < -0.4 is 4.89 Å². The van der Waals surface area contributed by atoms with Gasteiger partial charge in [-0.3, -0.25) is 4.57 Å². The van der Waals surface area contributed by atoms with Gasteiger partial charge in [-0.2, -0.15) is 0 Å². The molecule has 0 aromatic rings. The third-order valence-electron chi connectivity index (χ3n) is 0.626. The number of phosphoric acid groups is 1. The summed E-state index contributed by atoms with van der Waals surface area (Å²) in [4.78, 5) is 18.1. The van der Waals surface area contributed by atoms with Crippen LogP contribution in [0.1, 0.15) is 0 Å². The van der Waals surface area contributed by atoms with E-state index in [0.29, 0.717) is 0 Å². The van der Waals surface area contributed by atoms with Crippen molar-refractivity contribution in [2.45, 2.75) is 6.10 Å². The van der Waals surface area contributed by atoms with Gasteiger partial charge in [0.25, 0.3) is 7.82 Å². The highest BCUT2D eigenvalue weighted by molar-refractivity contribution is 7.44. The molecule has 0 saturated carbocycles. The zero-order chi connectivity index (χ0) is 8.20. The molecule has 0 bridgehead atoms. The molecule has 1 N–H and O–H groups in total. The van der Waals surface area contributed by atoms with Crippen LogP contribution in [0.3, 0.4) is 0 Å². The number of halogens is 2. The van der Waals surface area contributed by atoms with Crippen molar-refractivity contribution >= 4 is 31.0 Å². The molecule has 0 amide bonds. The molecule has 0 heterocycles. The van der Waals surface area contributed by atoms with Crippen LogP contribution in [0.5, 0.6) is 0 Å². The summed E-state index contributed by atoms with van der Waals surface area (Å²) in [5, 5.41) is 0. The maximum atomic E-state index is 10.0. The van der Waals surface area contributed by atoms with Crippen LogP contribution in [0.4, 0.5) is 0 Å². The summed E-state index contributed by atoms with van der Waals surface area (Å²) in [5.74, 6) is -0.146. The van der Waals surface area contributed by atoms with Crippen molar-refractivity contribution in [1.29, 1.82) is 0 Å². The van der Waals surface area contributed by atoms with Gasteiger partial charge in [-0.1, -0.05) is 0 Å². The van der Waals surface area contributed by atoms with E-state index in [-0.39, 0.29) is 11.8 Å². The molecule has 0 aliphatic rings. The molecule has 62 valence electrons. The quantitative estimate of drug-likeness (QED) is 0.533. The van der Waals surface area contributed by atoms with Crippen LogP contribution in [0.15, 0.2) is 0 Å². The monoisotopic (exact) mass is 207 g/mol. The minimum Gasteiger partial charge on any atom is -0.756 e. The van der Waals surface area contributed by atoms with Crippen LogP contribution >= 0.6 is 31.0 Å². The lowest BCUT2D eigenvalue weighted by Gasteiger charge is -2.20. The fourth-order valence-corrected chi connectivity index (χ4v) is 1.44. The van der Waals surface area contributed by atoms with Gasteiger partial charge < -0.3 is 14.3 Å². The number of phosphoric ester groups is 1. The molecule has 1 atom stereocenters. The Bertz CT molecular complexity index is 130. The molecule has 0 fully saturated rings. The minimum atomic E-state index is -4.67. The maximum Gasteiger partial charge on any atom is 0.265 e. The van der Waals surface area contributed by atoms with E-state index in [0.717, 1.165) is 0 Å². The molecule has 0 rings (SSSR count). The van der Waals surface area contributed by atoms with Gasteiger partial charge in [0, 0.05) is 0 Å². The van der Waals surface area contributed by atoms with Crippen molar-refractivity contribution in [3.05, 3.63) is 0 Å². The average molecular weight is 208 g/mol. The van der Waals surface area contributed by atoms with Gasteiger partial charge in [0.15, 0.2) is 0 Å². The van der Waals surface area contributed by atoms with E-state index in [1.54, 1.807) is 0 Å². The first-order valence-electron chi connectivity index (χ1n) is 2.33. The largest absolute Gasteiger partial charge is 0.756 e. The second-order valence-electron chi connectivity index (χ2n) is 1.50. The molecule has 0 radical (unpaired) electrons. The van der Waals surface area contributed by atoms with Crippen LogP contribution in [-0.2, 0) is 9.09 Å². The number of hydrogen-bond donors (Lipinski definition) is 1. The second kappa shape index (κ2) is 4.54. The van der Waals surface area contributed by atoms with Gasteiger partial charge in [-0.25, -0.2) is 0 Å². The molecule has 10 heavy (non-hydrogen) atoms. The summed E-state index contributed by atoms with van der Waals surface area (Å²) in [6.07, 6.45) is -0.850. The van der Waals surface area contributed by atoms with Crippen LogP contribution in [0, 0.1) is 0 Å². The van der Waals surface area contributed by atoms with Crippen molar-refractivity contribution in [3.63, 3.8) is 0 Å². The number of alkyl halides is 2. The maximum absolute atomic E-state index is 10.0. The highest BCUT2D eigenvalue weighted by atomic mass is 35.5. The normalized spacial score (nSPS) is 17.3. The van der Waals surface area contributed by atoms with Gasteiger partial charge in [-0.05, 0) is 0 Å². The summed E-state index contributed by atoms with van der Waals surface area (Å²) in [6, 6.07) is 0. The van der Waals surface area contributed by atoms with E-state index >= 15 is 0 Å². The highest BCUT2D eigenvalue weighted by Crippen LogP contribution is 2.32. The Morgan fingerprint density at radius 3 is 2.10 bits per heavy atom. The summed E-state index contributed by atoms with van der Waals surface area (Å²) < 4.78 is 14.0. The van der Waals surface area contributed by atoms with E-state index in [4.69, 9.17) is 28.1 Å². The van der Waals surface area contributed by atoms with Crippen molar-refractivity contribution in [1.82, 2.24) is 0 Å². The van der Waals surface area contributed by atoms with Crippen LogP contribution in [0.2, 0.25) is 0 Å². The fraction of sp³-hybridized carbons (Fsp3) is 1.00. The fourth-order valence-electron chi connectivity index (χ4n) is 0.286. The Kier molecular flexibility index (Phi) is 4.86. The third-order valence-corrected chi connectivity index (χ3v) is 1.88. The molecule has 0 aliphatic carbocycles. The Labute approximate surface area is 68.3 Å². The topological polar surface area (TPSA) is 69.6 Å². The third kappa shape index (κ3) is 5.47. The van der Waals surface area contributed by atoms with Crippen LogP contribution in [-0.4, -0.2) is 22.8 Å². The molecule has 1 unspecified atom stereocenters. The number of rotatable bonds is 4. The lowest BCUT2D eigenvalue weighted by molar-refractivity contribution is -0.222. The van der Waals surface area contributed by atoms with Crippen LogP contribution in [0.25, 0.3) is 0 Å². The summed E-state index contributed by atoms with van der Waals surface area (Å²) in [5.41, 5.74) is 0. The molecule has 0 aromatic heterocycles. The minimum absolute atomic E-state index is 0.0731. The van der Waals surface area contributed by atoms with E-state index in [2.05, 4.69) is 4.52 Å². The second-order valence-corrected chi connectivity index (χ2v) is 3.27. The standard InChI is InChI=1S/C3H7Cl2O4P/c4-1-3(2-5)9-10(6,7)8/h3H,1-2H2,(H2,6,7,8)/p-1.